The summed E-state index contributed by atoms with van der Waals surface area (Å²) in [5.41, 5.74) is 12.6. The fourth-order valence-corrected chi connectivity index (χ4v) is 5.03. The second-order valence-electron chi connectivity index (χ2n) is 7.31. The Hall–Kier alpha value is -2.05. The quantitative estimate of drug-likeness (QED) is 0.341. The van der Waals surface area contributed by atoms with Crippen LogP contribution in [0.25, 0.3) is 0 Å². The van der Waals surface area contributed by atoms with Crippen LogP contribution in [0, 0.1) is 0 Å². The van der Waals surface area contributed by atoms with Crippen molar-refractivity contribution in [1.82, 2.24) is 0 Å². The van der Waals surface area contributed by atoms with Gasteiger partial charge in [-0.15, -0.1) is 0 Å². The van der Waals surface area contributed by atoms with E-state index in [9.17, 15) is 18.0 Å². The lowest BCUT2D eigenvalue weighted by atomic mass is 10.2. The van der Waals surface area contributed by atoms with E-state index in [1.165, 1.54) is 48.5 Å². The first-order valence-corrected chi connectivity index (χ1v) is 14.5. The van der Waals surface area contributed by atoms with Gasteiger partial charge in [-0.1, -0.05) is 0 Å². The molecule has 2 amide bonds. The number of sulfone groups is 1. The number of amides is 2. The predicted octanol–water partition coefficient (Wildman–Crippen LogP) is 2.56. The molecule has 2 rings (SSSR count). The van der Waals surface area contributed by atoms with Crippen LogP contribution in [0.15, 0.2) is 58.3 Å². The van der Waals surface area contributed by atoms with Gasteiger partial charge < -0.3 is 22.1 Å². The highest BCUT2D eigenvalue weighted by Crippen LogP contribution is 2.24. The Balaban J connectivity index is 2.04. The van der Waals surface area contributed by atoms with Crippen LogP contribution in [-0.4, -0.2) is 56.3 Å². The maximum absolute atomic E-state index is 12.9. The minimum absolute atomic E-state index is 0.0862. The molecule has 0 aliphatic heterocycles. The van der Waals surface area contributed by atoms with E-state index in [0.717, 1.165) is 11.5 Å². The van der Waals surface area contributed by atoms with E-state index in [-0.39, 0.29) is 21.6 Å². The van der Waals surface area contributed by atoms with Crippen molar-refractivity contribution in [3.05, 3.63) is 48.5 Å². The highest BCUT2D eigenvalue weighted by Gasteiger charge is 2.19. The number of anilines is 2. The summed E-state index contributed by atoms with van der Waals surface area (Å²) < 4.78 is 25.9. The number of rotatable bonds is 12. The fraction of sp³-hybridized carbons (Fsp3) is 0.364. The molecule has 0 saturated carbocycles. The number of benzene rings is 2. The molecule has 2 unspecified atom stereocenters. The first-order chi connectivity index (χ1) is 15.7. The van der Waals surface area contributed by atoms with E-state index in [2.05, 4.69) is 10.6 Å². The van der Waals surface area contributed by atoms with Crippen molar-refractivity contribution in [3.8, 4) is 0 Å². The molecule has 180 valence electrons. The standard InChI is InChI=1S/C22H30N4O4S3/c1-31-13-11-19(23)21(27)25-15-3-7-17(8-4-15)33(29,30)18-9-5-16(6-10-18)26-22(28)20(24)12-14-32-2/h3-10,19-20H,11-14,23-24H2,1-2H3,(H,25,27)(H,26,28). The monoisotopic (exact) mass is 510 g/mol. The largest absolute Gasteiger partial charge is 0.325 e. The minimum atomic E-state index is -3.77. The molecule has 2 aromatic rings. The Morgan fingerprint density at radius 1 is 0.758 bits per heavy atom. The van der Waals surface area contributed by atoms with Gasteiger partial charge >= 0.3 is 0 Å². The van der Waals surface area contributed by atoms with Gasteiger partial charge in [0.1, 0.15) is 0 Å². The molecule has 0 bridgehead atoms. The molecule has 11 heteroatoms. The summed E-state index contributed by atoms with van der Waals surface area (Å²) in [6.07, 6.45) is 4.99. The number of thioether (sulfide) groups is 2. The van der Waals surface area contributed by atoms with Crippen molar-refractivity contribution in [2.24, 2.45) is 11.5 Å². The van der Waals surface area contributed by atoms with Gasteiger partial charge in [0.2, 0.25) is 21.7 Å². The van der Waals surface area contributed by atoms with E-state index in [1.54, 1.807) is 23.5 Å². The lowest BCUT2D eigenvalue weighted by Crippen LogP contribution is -2.36. The summed E-state index contributed by atoms with van der Waals surface area (Å²) >= 11 is 3.22. The van der Waals surface area contributed by atoms with E-state index >= 15 is 0 Å². The zero-order chi connectivity index (χ0) is 24.4. The van der Waals surface area contributed by atoms with Gasteiger partial charge in [-0.2, -0.15) is 23.5 Å². The van der Waals surface area contributed by atoms with E-state index in [1.807, 2.05) is 12.5 Å². The van der Waals surface area contributed by atoms with Crippen molar-refractivity contribution < 1.29 is 18.0 Å². The highest BCUT2D eigenvalue weighted by atomic mass is 32.2. The fourth-order valence-electron chi connectivity index (χ4n) is 2.79. The molecule has 0 saturated heterocycles. The highest BCUT2D eigenvalue weighted by molar-refractivity contribution is 7.98. The van der Waals surface area contributed by atoms with Gasteiger partial charge in [0, 0.05) is 11.4 Å². The van der Waals surface area contributed by atoms with Crippen molar-refractivity contribution in [1.29, 1.82) is 0 Å². The first-order valence-electron chi connectivity index (χ1n) is 10.2. The van der Waals surface area contributed by atoms with Crippen LogP contribution in [0.3, 0.4) is 0 Å². The molecule has 0 radical (unpaired) electrons. The maximum atomic E-state index is 12.9. The molecule has 0 spiro atoms. The van der Waals surface area contributed by atoms with Crippen molar-refractivity contribution in [2.75, 3.05) is 34.7 Å². The minimum Gasteiger partial charge on any atom is -0.325 e. The molecular formula is C22H30N4O4S3. The lowest BCUT2D eigenvalue weighted by molar-refractivity contribution is -0.118. The summed E-state index contributed by atoms with van der Waals surface area (Å²) in [5.74, 6) is 0.925. The molecule has 0 heterocycles. The van der Waals surface area contributed by atoms with Crippen LogP contribution in [0.5, 0.6) is 0 Å². The van der Waals surface area contributed by atoms with Crippen molar-refractivity contribution in [2.45, 2.75) is 34.7 Å². The van der Waals surface area contributed by atoms with Gasteiger partial charge in [0.15, 0.2) is 0 Å². The summed E-state index contributed by atoms with van der Waals surface area (Å²) in [5, 5.41) is 5.39. The molecule has 0 aliphatic rings. The van der Waals surface area contributed by atoms with Gasteiger partial charge in [-0.25, -0.2) is 8.42 Å². The maximum Gasteiger partial charge on any atom is 0.241 e. The van der Waals surface area contributed by atoms with Gasteiger partial charge in [-0.05, 0) is 85.4 Å². The van der Waals surface area contributed by atoms with E-state index in [0.29, 0.717) is 24.2 Å². The van der Waals surface area contributed by atoms with Crippen LogP contribution in [0.1, 0.15) is 12.8 Å². The third kappa shape index (κ3) is 8.04. The van der Waals surface area contributed by atoms with Gasteiger partial charge in [0.05, 0.1) is 21.9 Å². The number of carbonyl (C=O) groups is 2. The molecule has 2 aromatic carbocycles. The Kier molecular flexibility index (Phi) is 10.7. The van der Waals surface area contributed by atoms with Crippen LogP contribution in [0.4, 0.5) is 11.4 Å². The van der Waals surface area contributed by atoms with Gasteiger partial charge in [0.25, 0.3) is 0 Å². The average molecular weight is 511 g/mol. The zero-order valence-corrected chi connectivity index (χ0v) is 21.1. The summed E-state index contributed by atoms with van der Waals surface area (Å²) in [6, 6.07) is 10.6. The molecule has 0 fully saturated rings. The Bertz CT molecular complexity index is 951. The third-order valence-electron chi connectivity index (χ3n) is 4.80. The number of nitrogens with one attached hydrogen (secondary N) is 2. The van der Waals surface area contributed by atoms with Crippen LogP contribution >= 0.6 is 23.5 Å². The van der Waals surface area contributed by atoms with Crippen molar-refractivity contribution in [3.63, 3.8) is 0 Å². The predicted molar refractivity (Wildman–Crippen MR) is 138 cm³/mol. The molecule has 0 aromatic heterocycles. The normalized spacial score (nSPS) is 13.2. The average Bonchev–Trinajstić information content (AvgIpc) is 2.81. The lowest BCUT2D eigenvalue weighted by Gasteiger charge is -2.13. The first kappa shape index (κ1) is 27.2. The molecule has 33 heavy (non-hydrogen) atoms. The zero-order valence-electron chi connectivity index (χ0n) is 18.6. The SMILES string of the molecule is CSCCC(N)C(=O)Nc1ccc(S(=O)(=O)c2ccc(NC(=O)C(N)CCSC)cc2)cc1. The number of carbonyl (C=O) groups excluding carboxylic acids is 2. The summed E-state index contributed by atoms with van der Waals surface area (Å²) in [7, 11) is -3.77. The number of hydrogen-bond donors (Lipinski definition) is 4. The smallest absolute Gasteiger partial charge is 0.241 e. The Morgan fingerprint density at radius 2 is 1.09 bits per heavy atom. The molecule has 0 aliphatic carbocycles. The Labute approximate surface area is 203 Å². The van der Waals surface area contributed by atoms with E-state index < -0.39 is 21.9 Å². The summed E-state index contributed by atoms with van der Waals surface area (Å²) in [6.45, 7) is 0. The molecule has 6 N–H and O–H groups in total. The second kappa shape index (κ2) is 13.0. The molecule has 2 atom stereocenters. The topological polar surface area (TPSA) is 144 Å². The van der Waals surface area contributed by atoms with Gasteiger partial charge in [-0.3, -0.25) is 9.59 Å². The number of nitrogens with two attached hydrogens (primary N) is 2. The van der Waals surface area contributed by atoms with Crippen LogP contribution in [0.2, 0.25) is 0 Å². The second-order valence-corrected chi connectivity index (χ2v) is 11.2. The summed E-state index contributed by atoms with van der Waals surface area (Å²) in [4.78, 5) is 24.4. The van der Waals surface area contributed by atoms with Crippen molar-refractivity contribution >= 4 is 56.6 Å². The molecular weight excluding hydrogens is 480 g/mol. The van der Waals surface area contributed by atoms with Crippen LogP contribution in [-0.2, 0) is 19.4 Å². The Morgan fingerprint density at radius 3 is 1.39 bits per heavy atom. The van der Waals surface area contributed by atoms with Crippen LogP contribution < -0.4 is 22.1 Å². The van der Waals surface area contributed by atoms with E-state index in [4.69, 9.17) is 11.5 Å². The number of hydrogen-bond acceptors (Lipinski definition) is 8. The molecule has 8 nitrogen and oxygen atoms in total. The third-order valence-corrected chi connectivity index (χ3v) is 7.88.